The van der Waals surface area contributed by atoms with E-state index in [0.29, 0.717) is 32.2 Å². The molecule has 0 aliphatic heterocycles. The highest BCUT2D eigenvalue weighted by atomic mass is 79.9. The molecule has 2 aromatic carbocycles. The number of hydrogen-bond donors (Lipinski definition) is 1. The molecule has 4 aromatic rings. The molecule has 28 heavy (non-hydrogen) atoms. The van der Waals surface area contributed by atoms with E-state index in [-0.39, 0.29) is 4.90 Å². The number of pyridine rings is 1. The largest absolute Gasteiger partial charge is 0.366 e. The number of halogens is 1. The van der Waals surface area contributed by atoms with E-state index in [1.165, 1.54) is 18.3 Å². The van der Waals surface area contributed by atoms with E-state index in [0.717, 1.165) is 3.97 Å². The van der Waals surface area contributed by atoms with Crippen LogP contribution in [0.3, 0.4) is 0 Å². The number of primary amides is 1. The highest BCUT2D eigenvalue weighted by molar-refractivity contribution is 9.10. The van der Waals surface area contributed by atoms with Crippen LogP contribution in [0.4, 0.5) is 0 Å². The predicted octanol–water partition coefficient (Wildman–Crippen LogP) is 3.80. The number of hydrogen-bond acceptors (Lipinski definition) is 4. The fraction of sp³-hybridized carbons (Fsp3) is 0. The molecule has 8 heteroatoms. The van der Waals surface area contributed by atoms with Gasteiger partial charge in [-0.15, -0.1) is 0 Å². The zero-order valence-corrected chi connectivity index (χ0v) is 16.8. The Hall–Kier alpha value is -2.97. The van der Waals surface area contributed by atoms with Gasteiger partial charge in [-0.1, -0.05) is 30.3 Å². The zero-order chi connectivity index (χ0) is 19.9. The zero-order valence-electron chi connectivity index (χ0n) is 14.4. The quantitative estimate of drug-likeness (QED) is 0.506. The van der Waals surface area contributed by atoms with Crippen LogP contribution in [0.5, 0.6) is 0 Å². The van der Waals surface area contributed by atoms with E-state index >= 15 is 0 Å². The van der Waals surface area contributed by atoms with Crippen LogP contribution >= 0.6 is 15.9 Å². The van der Waals surface area contributed by atoms with Crippen LogP contribution in [0, 0.1) is 0 Å². The summed E-state index contributed by atoms with van der Waals surface area (Å²) >= 11 is 3.39. The van der Waals surface area contributed by atoms with Gasteiger partial charge >= 0.3 is 0 Å². The van der Waals surface area contributed by atoms with Crippen molar-refractivity contribution in [2.45, 2.75) is 4.90 Å². The Morgan fingerprint density at radius 1 is 1.04 bits per heavy atom. The van der Waals surface area contributed by atoms with Crippen molar-refractivity contribution in [2.75, 3.05) is 0 Å². The van der Waals surface area contributed by atoms with Crippen molar-refractivity contribution in [2.24, 2.45) is 5.73 Å². The summed E-state index contributed by atoms with van der Waals surface area (Å²) in [4.78, 5) is 16.0. The molecule has 1 amide bonds. The highest BCUT2D eigenvalue weighted by Gasteiger charge is 2.23. The van der Waals surface area contributed by atoms with Gasteiger partial charge in [0, 0.05) is 33.4 Å². The molecule has 2 N–H and O–H groups in total. The molecule has 0 aliphatic rings. The standard InChI is InChI=1S/C20H14BrN3O3S/c21-15-10-17-18(13-5-4-6-14(9-13)19(22)25)12-24(20(17)23-11-15)28(26,27)16-7-2-1-3-8-16/h1-12H,(H2,22,25). The molecule has 140 valence electrons. The van der Waals surface area contributed by atoms with E-state index in [1.54, 1.807) is 54.7 Å². The lowest BCUT2D eigenvalue weighted by molar-refractivity contribution is 0.100. The normalized spacial score (nSPS) is 11.6. The number of nitrogens with two attached hydrogens (primary N) is 1. The fourth-order valence-corrected chi connectivity index (χ4v) is 4.69. The first-order chi connectivity index (χ1) is 13.4. The lowest BCUT2D eigenvalue weighted by Crippen LogP contribution is -2.12. The third-order valence-electron chi connectivity index (χ3n) is 4.34. The second-order valence-corrected chi connectivity index (χ2v) is 8.86. The monoisotopic (exact) mass is 455 g/mol. The number of carbonyl (C=O) groups is 1. The van der Waals surface area contributed by atoms with Gasteiger partial charge in [0.15, 0.2) is 5.65 Å². The summed E-state index contributed by atoms with van der Waals surface area (Å²) in [7, 11) is -3.84. The van der Waals surface area contributed by atoms with Crippen molar-refractivity contribution in [3.63, 3.8) is 0 Å². The maximum atomic E-state index is 13.2. The summed E-state index contributed by atoms with van der Waals surface area (Å²) in [6.07, 6.45) is 3.06. The minimum atomic E-state index is -3.84. The Balaban J connectivity index is 2.01. The maximum Gasteiger partial charge on any atom is 0.269 e. The summed E-state index contributed by atoms with van der Waals surface area (Å²) in [6, 6.07) is 16.7. The smallest absolute Gasteiger partial charge is 0.269 e. The van der Waals surface area contributed by atoms with Crippen molar-refractivity contribution in [1.82, 2.24) is 8.96 Å². The van der Waals surface area contributed by atoms with Gasteiger partial charge in [-0.05, 0) is 51.8 Å². The third-order valence-corrected chi connectivity index (χ3v) is 6.43. The lowest BCUT2D eigenvalue weighted by Gasteiger charge is -2.06. The Morgan fingerprint density at radius 3 is 2.50 bits per heavy atom. The first-order valence-corrected chi connectivity index (χ1v) is 10.5. The van der Waals surface area contributed by atoms with Crippen LogP contribution in [0.25, 0.3) is 22.2 Å². The SMILES string of the molecule is NC(=O)c1cccc(-c2cn(S(=O)(=O)c3ccccc3)c3ncc(Br)cc23)c1. The van der Waals surface area contributed by atoms with Gasteiger partial charge in [-0.3, -0.25) is 4.79 Å². The van der Waals surface area contributed by atoms with Crippen molar-refractivity contribution >= 4 is 42.9 Å². The topological polar surface area (TPSA) is 95.0 Å². The molecule has 0 saturated heterocycles. The van der Waals surface area contributed by atoms with Crippen LogP contribution in [0.2, 0.25) is 0 Å². The molecule has 0 atom stereocenters. The van der Waals surface area contributed by atoms with Gasteiger partial charge < -0.3 is 5.73 Å². The molecule has 6 nitrogen and oxygen atoms in total. The van der Waals surface area contributed by atoms with Gasteiger partial charge in [0.2, 0.25) is 5.91 Å². The van der Waals surface area contributed by atoms with Crippen LogP contribution in [0.15, 0.2) is 82.4 Å². The molecule has 0 radical (unpaired) electrons. The summed E-state index contributed by atoms with van der Waals surface area (Å²) in [6.45, 7) is 0. The van der Waals surface area contributed by atoms with Gasteiger partial charge in [0.05, 0.1) is 4.90 Å². The van der Waals surface area contributed by atoms with E-state index < -0.39 is 15.9 Å². The number of aromatic nitrogens is 2. The number of amides is 1. The molecule has 0 bridgehead atoms. The summed E-state index contributed by atoms with van der Waals surface area (Å²) in [5.74, 6) is -0.554. The van der Waals surface area contributed by atoms with Gasteiger partial charge in [-0.25, -0.2) is 17.4 Å². The van der Waals surface area contributed by atoms with Gasteiger partial charge in [0.25, 0.3) is 10.0 Å². The number of rotatable bonds is 4. The molecule has 0 fully saturated rings. The molecular formula is C20H14BrN3O3S. The first kappa shape index (κ1) is 18.4. The lowest BCUT2D eigenvalue weighted by atomic mass is 10.0. The Kier molecular flexibility index (Phi) is 4.52. The van der Waals surface area contributed by atoms with E-state index in [4.69, 9.17) is 5.73 Å². The molecule has 0 aliphatic carbocycles. The number of carbonyl (C=O) groups excluding carboxylic acids is 1. The molecular weight excluding hydrogens is 442 g/mol. The number of nitrogens with zero attached hydrogens (tertiary/aromatic N) is 2. The van der Waals surface area contributed by atoms with Crippen LogP contribution < -0.4 is 5.73 Å². The molecule has 0 saturated carbocycles. The summed E-state index contributed by atoms with van der Waals surface area (Å²) in [5, 5.41) is 0.635. The predicted molar refractivity (Wildman–Crippen MR) is 110 cm³/mol. The fourth-order valence-electron chi connectivity index (χ4n) is 3.01. The van der Waals surface area contributed by atoms with Gasteiger partial charge in [-0.2, -0.15) is 0 Å². The average molecular weight is 456 g/mol. The number of fused-ring (bicyclic) bond motifs is 1. The maximum absolute atomic E-state index is 13.2. The minimum Gasteiger partial charge on any atom is -0.366 e. The highest BCUT2D eigenvalue weighted by Crippen LogP contribution is 2.33. The van der Waals surface area contributed by atoms with Crippen molar-refractivity contribution < 1.29 is 13.2 Å². The first-order valence-electron chi connectivity index (χ1n) is 8.25. The van der Waals surface area contributed by atoms with Crippen LogP contribution in [0.1, 0.15) is 10.4 Å². The molecule has 4 rings (SSSR count). The van der Waals surface area contributed by atoms with Crippen LogP contribution in [-0.2, 0) is 10.0 Å². The Morgan fingerprint density at radius 2 is 1.79 bits per heavy atom. The van der Waals surface area contributed by atoms with E-state index in [2.05, 4.69) is 20.9 Å². The minimum absolute atomic E-state index is 0.161. The second kappa shape index (κ2) is 6.88. The molecule has 2 aromatic heterocycles. The Labute approximate surface area is 169 Å². The second-order valence-electron chi connectivity index (χ2n) is 6.13. The molecule has 0 unspecified atom stereocenters. The summed E-state index contributed by atoms with van der Waals surface area (Å²) < 4.78 is 28.3. The van der Waals surface area contributed by atoms with Crippen LogP contribution in [-0.4, -0.2) is 23.3 Å². The Bertz CT molecular complexity index is 1320. The summed E-state index contributed by atoms with van der Waals surface area (Å²) in [5.41, 5.74) is 7.33. The third kappa shape index (κ3) is 3.10. The van der Waals surface area contributed by atoms with Crippen molar-refractivity contribution in [3.8, 4) is 11.1 Å². The molecule has 0 spiro atoms. The van der Waals surface area contributed by atoms with Gasteiger partial charge in [0.1, 0.15) is 0 Å². The average Bonchev–Trinajstić information content (AvgIpc) is 3.08. The number of benzene rings is 2. The van der Waals surface area contributed by atoms with Crippen molar-refractivity contribution in [3.05, 3.63) is 83.1 Å². The molecule has 2 heterocycles. The van der Waals surface area contributed by atoms with E-state index in [1.807, 2.05) is 0 Å². The van der Waals surface area contributed by atoms with Crippen molar-refractivity contribution in [1.29, 1.82) is 0 Å². The van der Waals surface area contributed by atoms with E-state index in [9.17, 15) is 13.2 Å².